The van der Waals surface area contributed by atoms with Crippen LogP contribution in [0.4, 0.5) is 0 Å². The maximum Gasteiger partial charge on any atom is 0.277 e. The van der Waals surface area contributed by atoms with E-state index in [1.54, 1.807) is 19.2 Å². The summed E-state index contributed by atoms with van der Waals surface area (Å²) in [6.07, 6.45) is 2.17. The molecule has 1 aliphatic carbocycles. The highest BCUT2D eigenvalue weighted by Gasteiger charge is 2.16. The fourth-order valence-corrected chi connectivity index (χ4v) is 4.05. The number of rotatable bonds is 6. The van der Waals surface area contributed by atoms with Gasteiger partial charge in [-0.3, -0.25) is 4.79 Å². The number of hydrazone groups is 1. The van der Waals surface area contributed by atoms with Crippen molar-refractivity contribution in [3.05, 3.63) is 69.7 Å². The molecule has 0 saturated carbocycles. The molecule has 0 radical (unpaired) electrons. The SMILES string of the molecule is COc1cc(Br)ccc1OCC(=O)N/N=C(\C)c1ccc2c3c(cccc13)CC2. The number of hydrogen-bond acceptors (Lipinski definition) is 4. The first-order chi connectivity index (χ1) is 14.1. The van der Waals surface area contributed by atoms with Crippen LogP contribution in [0.5, 0.6) is 11.5 Å². The monoisotopic (exact) mass is 452 g/mol. The predicted molar refractivity (Wildman–Crippen MR) is 118 cm³/mol. The van der Waals surface area contributed by atoms with Crippen LogP contribution in [0.2, 0.25) is 0 Å². The first kappa shape index (κ1) is 19.5. The van der Waals surface area contributed by atoms with Gasteiger partial charge >= 0.3 is 0 Å². The largest absolute Gasteiger partial charge is 0.493 e. The molecule has 4 rings (SSSR count). The molecular weight excluding hydrogens is 432 g/mol. The van der Waals surface area contributed by atoms with E-state index >= 15 is 0 Å². The van der Waals surface area contributed by atoms with Crippen molar-refractivity contribution in [1.82, 2.24) is 5.43 Å². The van der Waals surface area contributed by atoms with Crippen molar-refractivity contribution in [2.75, 3.05) is 13.7 Å². The highest BCUT2D eigenvalue weighted by Crippen LogP contribution is 2.33. The summed E-state index contributed by atoms with van der Waals surface area (Å²) in [6.45, 7) is 1.75. The minimum atomic E-state index is -0.333. The lowest BCUT2D eigenvalue weighted by molar-refractivity contribution is -0.123. The van der Waals surface area contributed by atoms with Crippen molar-refractivity contribution in [1.29, 1.82) is 0 Å². The third-order valence-electron chi connectivity index (χ3n) is 5.10. The van der Waals surface area contributed by atoms with Crippen LogP contribution in [0.15, 0.2) is 58.1 Å². The summed E-state index contributed by atoms with van der Waals surface area (Å²) >= 11 is 3.38. The summed E-state index contributed by atoms with van der Waals surface area (Å²) in [6, 6.07) is 16.0. The lowest BCUT2D eigenvalue weighted by atomic mass is 9.98. The summed E-state index contributed by atoms with van der Waals surface area (Å²) in [5.74, 6) is 0.721. The third-order valence-corrected chi connectivity index (χ3v) is 5.59. The first-order valence-corrected chi connectivity index (χ1v) is 10.2. The molecule has 6 heteroatoms. The second-order valence-corrected chi connectivity index (χ2v) is 7.84. The Morgan fingerprint density at radius 2 is 1.90 bits per heavy atom. The molecule has 5 nitrogen and oxygen atoms in total. The van der Waals surface area contributed by atoms with Gasteiger partial charge in [-0.1, -0.05) is 46.3 Å². The van der Waals surface area contributed by atoms with E-state index < -0.39 is 0 Å². The first-order valence-electron chi connectivity index (χ1n) is 9.40. The van der Waals surface area contributed by atoms with E-state index in [4.69, 9.17) is 9.47 Å². The highest BCUT2D eigenvalue weighted by atomic mass is 79.9. The van der Waals surface area contributed by atoms with Crippen LogP contribution in [-0.2, 0) is 17.6 Å². The average molecular weight is 453 g/mol. The molecule has 1 amide bonds. The lowest BCUT2D eigenvalue weighted by Gasteiger charge is -2.11. The third kappa shape index (κ3) is 3.98. The Labute approximate surface area is 177 Å². The van der Waals surface area contributed by atoms with Crippen molar-refractivity contribution >= 4 is 38.3 Å². The molecule has 0 aromatic heterocycles. The Bertz CT molecular complexity index is 1110. The van der Waals surface area contributed by atoms with Crippen LogP contribution in [0, 0.1) is 0 Å². The Morgan fingerprint density at radius 3 is 2.69 bits per heavy atom. The summed E-state index contributed by atoms with van der Waals surface area (Å²) in [5.41, 5.74) is 7.14. The number of aryl methyl sites for hydroxylation is 2. The summed E-state index contributed by atoms with van der Waals surface area (Å²) < 4.78 is 11.7. The van der Waals surface area contributed by atoms with Crippen molar-refractivity contribution in [3.63, 3.8) is 0 Å². The molecule has 0 unspecified atom stereocenters. The topological polar surface area (TPSA) is 59.9 Å². The standard InChI is InChI=1S/C23H21BrN2O3/c1-14(18-10-8-16-7-6-15-4-3-5-19(18)23(15)16)25-26-22(27)13-29-20-11-9-17(24)12-21(20)28-2/h3-5,8-12H,6-7,13H2,1-2H3,(H,26,27)/b25-14+. The van der Waals surface area contributed by atoms with E-state index in [9.17, 15) is 4.79 Å². The van der Waals surface area contributed by atoms with Gasteiger partial charge < -0.3 is 9.47 Å². The molecule has 29 heavy (non-hydrogen) atoms. The van der Waals surface area contributed by atoms with Gasteiger partial charge in [0, 0.05) is 10.0 Å². The van der Waals surface area contributed by atoms with Crippen LogP contribution in [0.3, 0.4) is 0 Å². The van der Waals surface area contributed by atoms with E-state index in [2.05, 4.69) is 56.8 Å². The second-order valence-electron chi connectivity index (χ2n) is 6.93. The average Bonchev–Trinajstić information content (AvgIpc) is 3.16. The molecule has 0 aliphatic heterocycles. The number of carbonyl (C=O) groups is 1. The molecule has 3 aromatic carbocycles. The molecular formula is C23H21BrN2O3. The Hall–Kier alpha value is -2.86. The van der Waals surface area contributed by atoms with E-state index in [-0.39, 0.29) is 12.5 Å². The van der Waals surface area contributed by atoms with Crippen molar-refractivity contribution in [3.8, 4) is 11.5 Å². The second kappa shape index (κ2) is 8.25. The van der Waals surface area contributed by atoms with Gasteiger partial charge in [0.15, 0.2) is 18.1 Å². The van der Waals surface area contributed by atoms with Gasteiger partial charge in [-0.15, -0.1) is 0 Å². The molecule has 0 bridgehead atoms. The van der Waals surface area contributed by atoms with Gasteiger partial charge in [0.2, 0.25) is 0 Å². The van der Waals surface area contributed by atoms with Gasteiger partial charge in [-0.05, 0) is 59.9 Å². The quantitative estimate of drug-likeness (QED) is 0.438. The van der Waals surface area contributed by atoms with Crippen LogP contribution in [0.25, 0.3) is 10.8 Å². The number of carbonyl (C=O) groups excluding carboxylic acids is 1. The number of hydrogen-bond donors (Lipinski definition) is 1. The molecule has 0 fully saturated rings. The summed E-state index contributed by atoms with van der Waals surface area (Å²) in [5, 5.41) is 6.81. The van der Waals surface area contributed by atoms with Gasteiger partial charge in [-0.2, -0.15) is 5.10 Å². The minimum Gasteiger partial charge on any atom is -0.493 e. The smallest absolute Gasteiger partial charge is 0.277 e. The zero-order chi connectivity index (χ0) is 20.4. The Kier molecular flexibility index (Phi) is 5.53. The van der Waals surface area contributed by atoms with E-state index in [0.29, 0.717) is 11.5 Å². The normalized spacial score (nSPS) is 12.9. The maximum atomic E-state index is 12.2. The number of methoxy groups -OCH3 is 1. The fourth-order valence-electron chi connectivity index (χ4n) is 3.70. The number of nitrogens with one attached hydrogen (secondary N) is 1. The molecule has 0 heterocycles. The zero-order valence-electron chi connectivity index (χ0n) is 16.3. The number of ether oxygens (including phenoxy) is 2. The van der Waals surface area contributed by atoms with Crippen molar-refractivity contribution in [2.24, 2.45) is 5.10 Å². The fraction of sp³-hybridized carbons (Fsp3) is 0.217. The molecule has 0 saturated heterocycles. The predicted octanol–water partition coefficient (Wildman–Crippen LogP) is 4.63. The number of amides is 1. The molecule has 0 spiro atoms. The Morgan fingerprint density at radius 1 is 1.10 bits per heavy atom. The van der Waals surface area contributed by atoms with Gasteiger partial charge in [-0.25, -0.2) is 5.43 Å². The van der Waals surface area contributed by atoms with E-state index in [0.717, 1.165) is 28.6 Å². The molecule has 1 N–H and O–H groups in total. The highest BCUT2D eigenvalue weighted by molar-refractivity contribution is 9.10. The minimum absolute atomic E-state index is 0.154. The van der Waals surface area contributed by atoms with Crippen molar-refractivity contribution in [2.45, 2.75) is 19.8 Å². The summed E-state index contributed by atoms with van der Waals surface area (Å²) in [7, 11) is 1.56. The van der Waals surface area contributed by atoms with Crippen molar-refractivity contribution < 1.29 is 14.3 Å². The van der Waals surface area contributed by atoms with Crippen LogP contribution >= 0.6 is 15.9 Å². The molecule has 0 atom stereocenters. The summed E-state index contributed by atoms with van der Waals surface area (Å²) in [4.78, 5) is 12.2. The molecule has 1 aliphatic rings. The van der Waals surface area contributed by atoms with Gasteiger partial charge in [0.05, 0.1) is 12.8 Å². The van der Waals surface area contributed by atoms with E-state index in [1.165, 1.54) is 21.9 Å². The maximum absolute atomic E-state index is 12.2. The zero-order valence-corrected chi connectivity index (χ0v) is 17.9. The molecule has 148 valence electrons. The Balaban J connectivity index is 1.46. The number of nitrogens with zero attached hydrogens (tertiary/aromatic N) is 1. The number of halogens is 1. The van der Waals surface area contributed by atoms with Crippen LogP contribution in [-0.4, -0.2) is 25.3 Å². The lowest BCUT2D eigenvalue weighted by Crippen LogP contribution is -2.25. The van der Waals surface area contributed by atoms with E-state index in [1.807, 2.05) is 13.0 Å². The van der Waals surface area contributed by atoms with Crippen LogP contribution in [0.1, 0.15) is 23.6 Å². The van der Waals surface area contributed by atoms with Crippen LogP contribution < -0.4 is 14.9 Å². The number of benzene rings is 3. The van der Waals surface area contributed by atoms with Gasteiger partial charge in [0.25, 0.3) is 5.91 Å². The van der Waals surface area contributed by atoms with Gasteiger partial charge in [0.1, 0.15) is 0 Å². The molecule has 3 aromatic rings.